The number of rotatable bonds is 3. The molecule has 0 aliphatic carbocycles. The van der Waals surface area contributed by atoms with E-state index in [4.69, 9.17) is 5.11 Å². The van der Waals surface area contributed by atoms with E-state index in [1.807, 2.05) is 25.3 Å². The van der Waals surface area contributed by atoms with Crippen molar-refractivity contribution in [2.45, 2.75) is 13.8 Å². The van der Waals surface area contributed by atoms with E-state index in [9.17, 15) is 4.79 Å². The third-order valence-electron chi connectivity index (χ3n) is 2.19. The van der Waals surface area contributed by atoms with Crippen LogP contribution in [0.3, 0.4) is 0 Å². The molecule has 0 fully saturated rings. The Morgan fingerprint density at radius 3 is 2.71 bits per heavy atom. The molecule has 1 heterocycles. The van der Waals surface area contributed by atoms with Gasteiger partial charge in [0.05, 0.1) is 11.3 Å². The minimum atomic E-state index is -0.924. The maximum absolute atomic E-state index is 10.9. The first-order chi connectivity index (χ1) is 8.04. The van der Waals surface area contributed by atoms with Gasteiger partial charge in [0, 0.05) is 11.1 Å². The van der Waals surface area contributed by atoms with Crippen molar-refractivity contribution in [3.63, 3.8) is 0 Å². The maximum Gasteiger partial charge on any atom is 0.335 e. The number of hydrogen-bond acceptors (Lipinski definition) is 4. The summed E-state index contributed by atoms with van der Waals surface area (Å²) in [4.78, 5) is 15.2. The van der Waals surface area contributed by atoms with Crippen LogP contribution in [-0.4, -0.2) is 16.1 Å². The van der Waals surface area contributed by atoms with Crippen molar-refractivity contribution < 1.29 is 9.90 Å². The van der Waals surface area contributed by atoms with Gasteiger partial charge < -0.3 is 10.4 Å². The largest absolute Gasteiger partial charge is 0.478 e. The van der Waals surface area contributed by atoms with E-state index in [0.717, 1.165) is 22.1 Å². The molecule has 4 nitrogen and oxygen atoms in total. The fourth-order valence-electron chi connectivity index (χ4n) is 1.51. The average Bonchev–Trinajstić information content (AvgIpc) is 2.63. The first-order valence-electron chi connectivity index (χ1n) is 5.09. The molecule has 1 aromatic heterocycles. The van der Waals surface area contributed by atoms with Crippen molar-refractivity contribution in [2.75, 3.05) is 5.32 Å². The minimum absolute atomic E-state index is 0.278. The Kier molecular flexibility index (Phi) is 3.10. The normalized spacial score (nSPS) is 10.2. The first-order valence-corrected chi connectivity index (χ1v) is 5.97. The number of carbonyl (C=O) groups is 1. The highest BCUT2D eigenvalue weighted by molar-refractivity contribution is 7.13. The van der Waals surface area contributed by atoms with E-state index < -0.39 is 5.97 Å². The predicted molar refractivity (Wildman–Crippen MR) is 68.3 cm³/mol. The molecule has 0 spiro atoms. The van der Waals surface area contributed by atoms with Crippen molar-refractivity contribution in [1.29, 1.82) is 0 Å². The molecule has 0 bridgehead atoms. The lowest BCUT2D eigenvalue weighted by molar-refractivity contribution is 0.0697. The molecular formula is C12H12N2O2S. The van der Waals surface area contributed by atoms with Crippen LogP contribution in [0.4, 0.5) is 10.8 Å². The second-order valence-electron chi connectivity index (χ2n) is 3.81. The van der Waals surface area contributed by atoms with Gasteiger partial charge in [0.1, 0.15) is 0 Å². The van der Waals surface area contributed by atoms with Gasteiger partial charge in [0.2, 0.25) is 0 Å². The summed E-state index contributed by atoms with van der Waals surface area (Å²) in [7, 11) is 0. The van der Waals surface area contributed by atoms with Crippen LogP contribution in [0.2, 0.25) is 0 Å². The molecule has 0 aliphatic rings. The molecule has 2 rings (SSSR count). The zero-order valence-electron chi connectivity index (χ0n) is 9.52. The fraction of sp³-hybridized carbons (Fsp3) is 0.167. The molecule has 0 unspecified atom stereocenters. The number of benzene rings is 1. The SMILES string of the molecule is Cc1cc(Nc2nc(C)cs2)cc(C(=O)O)c1. The van der Waals surface area contributed by atoms with Gasteiger partial charge in [-0.2, -0.15) is 0 Å². The molecule has 2 N–H and O–H groups in total. The predicted octanol–water partition coefficient (Wildman–Crippen LogP) is 3.20. The van der Waals surface area contributed by atoms with Gasteiger partial charge in [-0.3, -0.25) is 0 Å². The summed E-state index contributed by atoms with van der Waals surface area (Å²) >= 11 is 1.49. The number of carboxylic acids is 1. The smallest absolute Gasteiger partial charge is 0.335 e. The van der Waals surface area contributed by atoms with Crippen LogP contribution in [0.25, 0.3) is 0 Å². The number of aryl methyl sites for hydroxylation is 2. The van der Waals surface area contributed by atoms with Gasteiger partial charge in [-0.15, -0.1) is 11.3 Å². The van der Waals surface area contributed by atoms with Crippen LogP contribution in [0.5, 0.6) is 0 Å². The van der Waals surface area contributed by atoms with Gasteiger partial charge in [-0.05, 0) is 37.6 Å². The zero-order chi connectivity index (χ0) is 12.4. The number of nitrogens with one attached hydrogen (secondary N) is 1. The third kappa shape index (κ3) is 2.82. The summed E-state index contributed by atoms with van der Waals surface area (Å²) in [5.74, 6) is -0.924. The lowest BCUT2D eigenvalue weighted by atomic mass is 10.1. The molecule has 5 heteroatoms. The summed E-state index contributed by atoms with van der Waals surface area (Å²) in [6.45, 7) is 3.78. The maximum atomic E-state index is 10.9. The molecule has 88 valence electrons. The molecule has 0 saturated carbocycles. The van der Waals surface area contributed by atoms with Gasteiger partial charge >= 0.3 is 5.97 Å². The second kappa shape index (κ2) is 4.55. The van der Waals surface area contributed by atoms with Crippen LogP contribution in [0.1, 0.15) is 21.6 Å². The average molecular weight is 248 g/mol. The van der Waals surface area contributed by atoms with Crippen molar-refractivity contribution in [3.05, 3.63) is 40.4 Å². The number of thiazole rings is 1. The summed E-state index contributed by atoms with van der Waals surface area (Å²) in [6, 6.07) is 5.13. The number of aromatic carboxylic acids is 1. The van der Waals surface area contributed by atoms with Crippen molar-refractivity contribution in [1.82, 2.24) is 4.98 Å². The van der Waals surface area contributed by atoms with E-state index in [2.05, 4.69) is 10.3 Å². The van der Waals surface area contributed by atoms with E-state index in [0.29, 0.717) is 0 Å². The Morgan fingerprint density at radius 2 is 2.12 bits per heavy atom. The number of hydrogen-bond donors (Lipinski definition) is 2. The molecule has 0 radical (unpaired) electrons. The Morgan fingerprint density at radius 1 is 1.35 bits per heavy atom. The quantitative estimate of drug-likeness (QED) is 0.875. The highest BCUT2D eigenvalue weighted by atomic mass is 32.1. The molecule has 0 aliphatic heterocycles. The Balaban J connectivity index is 2.29. The zero-order valence-corrected chi connectivity index (χ0v) is 10.3. The first kappa shape index (κ1) is 11.6. The third-order valence-corrected chi connectivity index (χ3v) is 3.07. The molecule has 0 amide bonds. The minimum Gasteiger partial charge on any atom is -0.478 e. The van der Waals surface area contributed by atoms with Gasteiger partial charge in [0.25, 0.3) is 0 Å². The van der Waals surface area contributed by atoms with Crippen LogP contribution < -0.4 is 5.32 Å². The summed E-state index contributed by atoms with van der Waals surface area (Å²) in [5.41, 5.74) is 2.88. The van der Waals surface area contributed by atoms with Crippen LogP contribution in [-0.2, 0) is 0 Å². The fourth-order valence-corrected chi connectivity index (χ4v) is 2.22. The topological polar surface area (TPSA) is 62.2 Å². The van der Waals surface area contributed by atoms with Gasteiger partial charge in [0.15, 0.2) is 5.13 Å². The molecule has 0 saturated heterocycles. The Labute approximate surface area is 103 Å². The summed E-state index contributed by atoms with van der Waals surface area (Å²) in [6.07, 6.45) is 0. The monoisotopic (exact) mass is 248 g/mol. The van der Waals surface area contributed by atoms with E-state index in [1.54, 1.807) is 12.1 Å². The molecule has 2 aromatic rings. The molecule has 17 heavy (non-hydrogen) atoms. The van der Waals surface area contributed by atoms with Crippen molar-refractivity contribution in [2.24, 2.45) is 0 Å². The summed E-state index contributed by atoms with van der Waals surface area (Å²) in [5, 5.41) is 14.8. The highest BCUT2D eigenvalue weighted by Crippen LogP contribution is 2.22. The lowest BCUT2D eigenvalue weighted by Gasteiger charge is -2.05. The van der Waals surface area contributed by atoms with Crippen LogP contribution in [0.15, 0.2) is 23.6 Å². The number of nitrogens with zero attached hydrogens (tertiary/aromatic N) is 1. The van der Waals surface area contributed by atoms with Crippen molar-refractivity contribution in [3.8, 4) is 0 Å². The van der Waals surface area contributed by atoms with Crippen molar-refractivity contribution >= 4 is 28.1 Å². The van der Waals surface area contributed by atoms with Crippen LogP contribution >= 0.6 is 11.3 Å². The van der Waals surface area contributed by atoms with Crippen LogP contribution in [0, 0.1) is 13.8 Å². The van der Waals surface area contributed by atoms with E-state index >= 15 is 0 Å². The number of carboxylic acid groups (broad SMARTS) is 1. The summed E-state index contributed by atoms with van der Waals surface area (Å²) < 4.78 is 0. The number of aromatic nitrogens is 1. The molecular weight excluding hydrogens is 236 g/mol. The number of anilines is 2. The van der Waals surface area contributed by atoms with E-state index in [-0.39, 0.29) is 5.56 Å². The standard InChI is InChI=1S/C12H12N2O2S/c1-7-3-9(11(15)16)5-10(4-7)14-12-13-8(2)6-17-12/h3-6H,1-2H3,(H,13,14)(H,15,16). The second-order valence-corrected chi connectivity index (χ2v) is 4.67. The Hall–Kier alpha value is -1.88. The highest BCUT2D eigenvalue weighted by Gasteiger charge is 2.06. The van der Waals surface area contributed by atoms with Gasteiger partial charge in [-0.25, -0.2) is 9.78 Å². The van der Waals surface area contributed by atoms with E-state index in [1.165, 1.54) is 11.3 Å². The lowest BCUT2D eigenvalue weighted by Crippen LogP contribution is -1.99. The Bertz CT molecular complexity index is 563. The molecule has 1 aromatic carbocycles. The molecule has 0 atom stereocenters. The van der Waals surface area contributed by atoms with Gasteiger partial charge in [-0.1, -0.05) is 0 Å².